The molecule has 2 heteroatoms. The smallest absolute Gasteiger partial charge is 0.0568 e. The van der Waals surface area contributed by atoms with Crippen LogP contribution in [-0.4, -0.2) is 24.4 Å². The number of hydrogen-bond donors (Lipinski definition) is 1. The molecular formula is C38H70O2. The van der Waals surface area contributed by atoms with E-state index in [0.29, 0.717) is 40.4 Å². The van der Waals surface area contributed by atoms with Crippen LogP contribution < -0.4 is 0 Å². The Labute approximate surface area is 250 Å². The van der Waals surface area contributed by atoms with Gasteiger partial charge < -0.3 is 9.84 Å². The Kier molecular flexibility index (Phi) is 11.9. The van der Waals surface area contributed by atoms with Crippen LogP contribution in [0.5, 0.6) is 0 Å². The molecule has 4 aliphatic rings. The number of ether oxygens (including phenoxy) is 1. The van der Waals surface area contributed by atoms with Gasteiger partial charge in [0, 0.05) is 13.2 Å². The highest BCUT2D eigenvalue weighted by Gasteiger charge is 2.61. The Bertz CT molecular complexity index is 804. The summed E-state index contributed by atoms with van der Waals surface area (Å²) < 4.78 is 5.36. The molecule has 4 fully saturated rings. The standard InChI is InChI=1S/C30H52O.C8H18O/c1-18(2)21(5)19(3)17-20(4)24-11-12-26-23-9-10-25-22(6)28(31)14-16-30(25,8)27(23)13-15-29(24,26)7;1-7(2)5-9-6-8(3)4/h17-18,20-28,31H,9-16H2,1-8H3;7-8H,5-6H2,1-4H3/b19-17+;/t20-,21-,22+,23+,24-,25+,26+,27+,28+,29-,30+;/m1./s1. The maximum atomic E-state index is 10.6. The van der Waals surface area contributed by atoms with E-state index in [1.165, 1.54) is 44.9 Å². The third-order valence-corrected chi connectivity index (χ3v) is 13.0. The molecule has 0 radical (unpaired) electrons. The molecule has 0 aliphatic heterocycles. The number of allylic oxidation sites excluding steroid dienone is 2. The summed E-state index contributed by atoms with van der Waals surface area (Å²) in [5.41, 5.74) is 2.64. The molecule has 0 aromatic rings. The van der Waals surface area contributed by atoms with E-state index in [1.807, 2.05) is 0 Å². The van der Waals surface area contributed by atoms with Crippen molar-refractivity contribution in [3.8, 4) is 0 Å². The quantitative estimate of drug-likeness (QED) is 0.300. The van der Waals surface area contributed by atoms with Crippen LogP contribution in [0.15, 0.2) is 11.6 Å². The predicted molar refractivity (Wildman–Crippen MR) is 173 cm³/mol. The van der Waals surface area contributed by atoms with Gasteiger partial charge in [0.15, 0.2) is 0 Å². The van der Waals surface area contributed by atoms with E-state index in [1.54, 1.807) is 5.57 Å². The second-order valence-corrected chi connectivity index (χ2v) is 16.9. The highest BCUT2D eigenvalue weighted by Crippen LogP contribution is 2.68. The van der Waals surface area contributed by atoms with Gasteiger partial charge in [-0.15, -0.1) is 0 Å². The van der Waals surface area contributed by atoms with Gasteiger partial charge in [-0.05, 0) is 134 Å². The average Bonchev–Trinajstić information content (AvgIpc) is 3.23. The van der Waals surface area contributed by atoms with Crippen molar-refractivity contribution in [3.63, 3.8) is 0 Å². The van der Waals surface area contributed by atoms with Crippen molar-refractivity contribution in [2.45, 2.75) is 141 Å². The Morgan fingerprint density at radius 2 is 1.32 bits per heavy atom. The van der Waals surface area contributed by atoms with Gasteiger partial charge >= 0.3 is 0 Å². The van der Waals surface area contributed by atoms with Gasteiger partial charge in [0.2, 0.25) is 0 Å². The van der Waals surface area contributed by atoms with Crippen LogP contribution in [-0.2, 0) is 4.74 Å². The van der Waals surface area contributed by atoms with E-state index < -0.39 is 0 Å². The molecule has 0 heterocycles. The summed E-state index contributed by atoms with van der Waals surface area (Å²) in [7, 11) is 0. The lowest BCUT2D eigenvalue weighted by molar-refractivity contribution is -0.148. The Morgan fingerprint density at radius 3 is 1.90 bits per heavy atom. The normalized spacial score (nSPS) is 41.2. The second kappa shape index (κ2) is 14.0. The molecule has 4 aliphatic carbocycles. The summed E-state index contributed by atoms with van der Waals surface area (Å²) in [6.07, 6.45) is 13.5. The Balaban J connectivity index is 0.000000424. The van der Waals surface area contributed by atoms with Crippen molar-refractivity contribution >= 4 is 0 Å². The van der Waals surface area contributed by atoms with Crippen LogP contribution in [0.25, 0.3) is 0 Å². The fourth-order valence-electron chi connectivity index (χ4n) is 10.4. The van der Waals surface area contributed by atoms with Gasteiger partial charge in [0.1, 0.15) is 0 Å². The molecule has 4 rings (SSSR count). The van der Waals surface area contributed by atoms with Gasteiger partial charge in [-0.1, -0.05) is 87.8 Å². The SMILES string of the molecule is C/C(=C\[C@@H](C)[C@H]1CC[C@H]2[C@@H]3CC[C@H]4[C@H](C)[C@@H](O)CC[C@]4(C)[C@H]3CC[C@]12C)[C@H](C)C(C)C.CC(C)COCC(C)C. The zero-order valence-electron chi connectivity index (χ0n) is 28.9. The average molecular weight is 559 g/mol. The molecule has 234 valence electrons. The molecule has 4 saturated carbocycles. The molecule has 0 unspecified atom stereocenters. The topological polar surface area (TPSA) is 29.5 Å². The summed E-state index contributed by atoms with van der Waals surface area (Å²) >= 11 is 0. The minimum atomic E-state index is -0.0524. The van der Waals surface area contributed by atoms with Gasteiger partial charge in [0.25, 0.3) is 0 Å². The minimum absolute atomic E-state index is 0.0524. The minimum Gasteiger partial charge on any atom is -0.393 e. The van der Waals surface area contributed by atoms with Crippen LogP contribution in [0, 0.1) is 75.9 Å². The summed E-state index contributed by atoms with van der Waals surface area (Å²) in [6, 6.07) is 0. The number of rotatable bonds is 8. The molecule has 40 heavy (non-hydrogen) atoms. The Hall–Kier alpha value is -0.340. The van der Waals surface area contributed by atoms with Crippen LogP contribution in [0.3, 0.4) is 0 Å². The highest BCUT2D eigenvalue weighted by molar-refractivity contribution is 5.13. The fraction of sp³-hybridized carbons (Fsp3) is 0.947. The van der Waals surface area contributed by atoms with E-state index >= 15 is 0 Å². The van der Waals surface area contributed by atoms with Crippen LogP contribution in [0.1, 0.15) is 134 Å². The molecule has 0 bridgehead atoms. The van der Waals surface area contributed by atoms with E-state index in [2.05, 4.69) is 89.2 Å². The van der Waals surface area contributed by atoms with Gasteiger partial charge in [-0.3, -0.25) is 0 Å². The molecule has 2 nitrogen and oxygen atoms in total. The first-order valence-electron chi connectivity index (χ1n) is 17.6. The zero-order valence-corrected chi connectivity index (χ0v) is 28.9. The third kappa shape index (κ3) is 7.23. The molecule has 0 aromatic carbocycles. The van der Waals surface area contributed by atoms with E-state index in [9.17, 15) is 5.11 Å². The summed E-state index contributed by atoms with van der Waals surface area (Å²) in [4.78, 5) is 0. The van der Waals surface area contributed by atoms with Crippen LogP contribution in [0.2, 0.25) is 0 Å². The first-order valence-corrected chi connectivity index (χ1v) is 17.6. The van der Waals surface area contributed by atoms with Crippen molar-refractivity contribution in [2.75, 3.05) is 13.2 Å². The maximum Gasteiger partial charge on any atom is 0.0568 e. The van der Waals surface area contributed by atoms with Crippen molar-refractivity contribution in [1.29, 1.82) is 0 Å². The number of hydrogen-bond acceptors (Lipinski definition) is 2. The lowest BCUT2D eigenvalue weighted by Gasteiger charge is -2.62. The van der Waals surface area contributed by atoms with Crippen molar-refractivity contribution in [1.82, 2.24) is 0 Å². The van der Waals surface area contributed by atoms with Crippen molar-refractivity contribution in [2.24, 2.45) is 75.9 Å². The molecular weight excluding hydrogens is 488 g/mol. The number of fused-ring (bicyclic) bond motifs is 5. The van der Waals surface area contributed by atoms with Crippen LogP contribution >= 0.6 is 0 Å². The molecule has 0 spiro atoms. The summed E-state index contributed by atoms with van der Waals surface area (Å²) in [5, 5.41) is 10.6. The Morgan fingerprint density at radius 1 is 0.775 bits per heavy atom. The maximum absolute atomic E-state index is 10.6. The fourth-order valence-corrected chi connectivity index (χ4v) is 10.4. The van der Waals surface area contributed by atoms with Crippen molar-refractivity contribution < 1.29 is 9.84 Å². The van der Waals surface area contributed by atoms with E-state index in [-0.39, 0.29) is 6.10 Å². The number of aliphatic hydroxyl groups excluding tert-OH is 1. The van der Waals surface area contributed by atoms with E-state index in [4.69, 9.17) is 4.74 Å². The van der Waals surface area contributed by atoms with Gasteiger partial charge in [-0.2, -0.15) is 0 Å². The summed E-state index contributed by atoms with van der Waals surface area (Å²) in [6.45, 7) is 30.2. The molecule has 1 N–H and O–H groups in total. The largest absolute Gasteiger partial charge is 0.393 e. The van der Waals surface area contributed by atoms with Gasteiger partial charge in [-0.25, -0.2) is 0 Å². The lowest BCUT2D eigenvalue weighted by atomic mass is 9.43. The molecule has 0 saturated heterocycles. The second-order valence-electron chi connectivity index (χ2n) is 16.9. The summed E-state index contributed by atoms with van der Waals surface area (Å²) in [5.74, 6) is 8.39. The predicted octanol–water partition coefficient (Wildman–Crippen LogP) is 10.4. The first kappa shape index (κ1) is 34.2. The van der Waals surface area contributed by atoms with Crippen molar-refractivity contribution in [3.05, 3.63) is 11.6 Å². The van der Waals surface area contributed by atoms with Gasteiger partial charge in [0.05, 0.1) is 6.10 Å². The van der Waals surface area contributed by atoms with E-state index in [0.717, 1.165) is 55.1 Å². The monoisotopic (exact) mass is 559 g/mol. The third-order valence-electron chi connectivity index (χ3n) is 13.0. The molecule has 0 aromatic heterocycles. The zero-order chi connectivity index (χ0) is 30.0. The molecule has 0 amide bonds. The highest BCUT2D eigenvalue weighted by atomic mass is 16.5. The molecule has 11 atom stereocenters. The number of aliphatic hydroxyl groups is 1. The van der Waals surface area contributed by atoms with Crippen LogP contribution in [0.4, 0.5) is 0 Å². The lowest BCUT2D eigenvalue weighted by Crippen LogP contribution is -2.56. The first-order chi connectivity index (χ1) is 18.6.